The van der Waals surface area contributed by atoms with Crippen molar-refractivity contribution in [3.63, 3.8) is 0 Å². The lowest BCUT2D eigenvalue weighted by Crippen LogP contribution is -2.53. The first kappa shape index (κ1) is 43.0. The number of alkyl carbamates (subject to hydrolysis) is 2. The van der Waals surface area contributed by atoms with E-state index < -0.39 is 24.3 Å². The van der Waals surface area contributed by atoms with Gasteiger partial charge in [0.1, 0.15) is 23.7 Å². The van der Waals surface area contributed by atoms with Crippen molar-refractivity contribution in [2.45, 2.75) is 75.5 Å². The van der Waals surface area contributed by atoms with Crippen molar-refractivity contribution in [1.82, 2.24) is 40.4 Å². The number of imidazole rings is 2. The monoisotopic (exact) mass is 872 g/mol. The number of carbonyl (C=O) groups excluding carboxylic acids is 4. The van der Waals surface area contributed by atoms with Crippen LogP contribution in [0.1, 0.15) is 75.1 Å². The largest absolute Gasteiger partial charge is 0.453 e. The third-order valence-corrected chi connectivity index (χ3v) is 13.5. The Labute approximate surface area is 371 Å². The molecule has 2 aromatic heterocycles. The van der Waals surface area contributed by atoms with E-state index in [1.165, 1.54) is 14.2 Å². The summed E-state index contributed by atoms with van der Waals surface area (Å²) < 4.78 is 20.8. The molecule has 0 aliphatic carbocycles. The summed E-state index contributed by atoms with van der Waals surface area (Å²) in [5.74, 6) is 1.18. The maximum Gasteiger partial charge on any atom is 0.407 e. The van der Waals surface area contributed by atoms with Gasteiger partial charge in [-0.2, -0.15) is 0 Å². The number of hydrogen-bond acceptors (Lipinski definition) is 10. The van der Waals surface area contributed by atoms with Crippen molar-refractivity contribution in [2.24, 2.45) is 11.8 Å². The second kappa shape index (κ2) is 19.2. The van der Waals surface area contributed by atoms with Crippen LogP contribution < -0.4 is 10.6 Å². The van der Waals surface area contributed by atoms with Gasteiger partial charge in [-0.1, -0.05) is 48.5 Å². The number of hydrogen-bond donors (Lipinski definition) is 4. The highest BCUT2D eigenvalue weighted by molar-refractivity contribution is 5.91. The lowest BCUT2D eigenvalue weighted by molar-refractivity contribution is -0.137. The fraction of sp³-hybridized carbons (Fsp3) is 0.458. The molecule has 5 aromatic rings. The van der Waals surface area contributed by atoms with E-state index in [4.69, 9.17) is 28.9 Å². The van der Waals surface area contributed by atoms with Crippen molar-refractivity contribution in [1.29, 1.82) is 0 Å². The summed E-state index contributed by atoms with van der Waals surface area (Å²) in [6.07, 6.45) is 8.45. The first-order chi connectivity index (χ1) is 31.3. The number of carbonyl (C=O) groups is 4. The van der Waals surface area contributed by atoms with Gasteiger partial charge in [0.2, 0.25) is 11.8 Å². The maximum atomic E-state index is 14.0. The summed E-state index contributed by atoms with van der Waals surface area (Å²) in [5, 5.41) is 7.83. The van der Waals surface area contributed by atoms with Gasteiger partial charge in [-0.15, -0.1) is 0 Å². The van der Waals surface area contributed by atoms with Crippen molar-refractivity contribution in [3.05, 3.63) is 84.7 Å². The molecule has 0 saturated carbocycles. The number of aromatic nitrogens is 4. The minimum atomic E-state index is -0.686. The molecule has 4 amide bonds. The highest BCUT2D eigenvalue weighted by atomic mass is 16.5. The molecule has 16 heteroatoms. The van der Waals surface area contributed by atoms with Gasteiger partial charge in [-0.05, 0) is 103 Å². The van der Waals surface area contributed by atoms with Crippen LogP contribution in [0.3, 0.4) is 0 Å². The number of benzene rings is 3. The summed E-state index contributed by atoms with van der Waals surface area (Å²) in [7, 11) is 2.62. The van der Waals surface area contributed by atoms with Crippen LogP contribution in [-0.2, 0) is 28.5 Å². The molecule has 0 spiro atoms. The number of nitrogens with one attached hydrogen (secondary N) is 4. The third kappa shape index (κ3) is 9.06. The predicted molar refractivity (Wildman–Crippen MR) is 238 cm³/mol. The van der Waals surface area contributed by atoms with Crippen molar-refractivity contribution >= 4 is 34.8 Å². The first-order valence-corrected chi connectivity index (χ1v) is 22.5. The van der Waals surface area contributed by atoms with Gasteiger partial charge >= 0.3 is 12.2 Å². The molecular weight excluding hydrogens is 817 g/mol. The zero-order valence-electron chi connectivity index (χ0n) is 36.3. The molecule has 4 N–H and O–H groups in total. The number of methoxy groups -OCH3 is 2. The molecular formula is C48H56N8O8. The number of amides is 4. The molecule has 3 aromatic carbocycles. The zero-order chi connectivity index (χ0) is 44.2. The Morgan fingerprint density at radius 1 is 0.594 bits per heavy atom. The summed E-state index contributed by atoms with van der Waals surface area (Å²) in [4.78, 5) is 72.8. The van der Waals surface area contributed by atoms with Gasteiger partial charge < -0.3 is 49.3 Å². The van der Waals surface area contributed by atoms with Crippen LogP contribution in [0.15, 0.2) is 73.1 Å². The van der Waals surface area contributed by atoms with Crippen LogP contribution in [-0.4, -0.2) is 120 Å². The standard InChI is InChI=1S/C48H56N8O8/c1-61-47(59)53-41(31-15-21-63-22-16-31)45(57)55-19-3-5-39(55)43-49-27-37(51-43)30-9-7-29(8-10-30)33-11-12-35-26-36(14-13-34(35)25-33)38-28-50-44(52-38)40-6-4-20-56(40)46(58)42(54-48(60)62-2)32-17-23-64-24-18-32/h7-14,25-28,31-32,39-42H,3-6,15-24H2,1-2H3,(H,49,51)(H,50,52)(H,53,59)(H,54,60). The summed E-state index contributed by atoms with van der Waals surface area (Å²) in [6.45, 7) is 3.42. The normalized spacial score (nSPS) is 20.5. The summed E-state index contributed by atoms with van der Waals surface area (Å²) in [5.41, 5.74) is 5.88. The van der Waals surface area contributed by atoms with E-state index in [1.807, 2.05) is 22.2 Å². The number of likely N-dealkylation sites (tertiary alicyclic amines) is 2. The highest BCUT2D eigenvalue weighted by Crippen LogP contribution is 2.37. The Kier molecular flexibility index (Phi) is 12.9. The molecule has 4 fully saturated rings. The Morgan fingerprint density at radius 2 is 1.02 bits per heavy atom. The second-order valence-electron chi connectivity index (χ2n) is 17.2. The number of nitrogens with zero attached hydrogens (tertiary/aromatic N) is 4. The van der Waals surface area contributed by atoms with Crippen molar-refractivity contribution in [2.75, 3.05) is 53.7 Å². The second-order valence-corrected chi connectivity index (χ2v) is 17.2. The van der Waals surface area contributed by atoms with E-state index in [-0.39, 0.29) is 35.7 Å². The lowest BCUT2D eigenvalue weighted by Gasteiger charge is -2.34. The van der Waals surface area contributed by atoms with Crippen LogP contribution in [0.4, 0.5) is 9.59 Å². The number of fused-ring (bicyclic) bond motifs is 1. The van der Waals surface area contributed by atoms with Crippen LogP contribution in [0.25, 0.3) is 44.4 Å². The Hall–Kier alpha value is -6.26. The van der Waals surface area contributed by atoms with Crippen molar-refractivity contribution < 1.29 is 38.1 Å². The fourth-order valence-electron chi connectivity index (χ4n) is 9.96. The topological polar surface area (TPSA) is 193 Å². The molecule has 4 atom stereocenters. The van der Waals surface area contributed by atoms with Gasteiger partial charge in [-0.3, -0.25) is 9.59 Å². The Bertz CT molecular complexity index is 2460. The van der Waals surface area contributed by atoms with E-state index in [9.17, 15) is 19.2 Å². The van der Waals surface area contributed by atoms with E-state index in [0.29, 0.717) is 65.2 Å². The van der Waals surface area contributed by atoms with E-state index >= 15 is 0 Å². The van der Waals surface area contributed by atoms with Crippen LogP contribution in [0.5, 0.6) is 0 Å². The number of ether oxygens (including phenoxy) is 4. The van der Waals surface area contributed by atoms with Crippen LogP contribution in [0.2, 0.25) is 0 Å². The minimum Gasteiger partial charge on any atom is -0.453 e. The van der Waals surface area contributed by atoms with E-state index in [1.54, 1.807) is 0 Å². The SMILES string of the molecule is COC(=O)NC(C(=O)N1CCCC1c1ncc(-c2ccc(-c3ccc4cc(-c5cnc(C6CCCN6C(=O)C(NC(=O)OC)C6CCOCC6)[nH]5)ccc4c3)cc2)[nH]1)C1CCOCC1. The maximum absolute atomic E-state index is 14.0. The van der Waals surface area contributed by atoms with Crippen molar-refractivity contribution in [3.8, 4) is 33.6 Å². The molecule has 4 aliphatic rings. The molecule has 4 aliphatic heterocycles. The van der Waals surface area contributed by atoms with Crippen LogP contribution >= 0.6 is 0 Å². The van der Waals surface area contributed by atoms with Gasteiger partial charge in [-0.25, -0.2) is 19.6 Å². The smallest absolute Gasteiger partial charge is 0.407 e. The minimum absolute atomic E-state index is 0.0281. The van der Waals surface area contributed by atoms with Gasteiger partial charge in [0.05, 0.1) is 50.1 Å². The molecule has 4 saturated heterocycles. The zero-order valence-corrected chi connectivity index (χ0v) is 36.3. The number of H-pyrrole nitrogens is 2. The predicted octanol–water partition coefficient (Wildman–Crippen LogP) is 6.92. The van der Waals surface area contributed by atoms with Gasteiger partial charge in [0.15, 0.2) is 0 Å². The van der Waals surface area contributed by atoms with E-state index in [2.05, 4.69) is 81.3 Å². The molecule has 16 nitrogen and oxygen atoms in total. The third-order valence-electron chi connectivity index (χ3n) is 13.5. The quantitative estimate of drug-likeness (QED) is 0.108. The molecule has 0 radical (unpaired) electrons. The average Bonchev–Trinajstić information content (AvgIpc) is 4.20. The molecule has 9 rings (SSSR count). The molecule has 336 valence electrons. The highest BCUT2D eigenvalue weighted by Gasteiger charge is 2.41. The average molecular weight is 873 g/mol. The molecule has 4 unspecified atom stereocenters. The van der Waals surface area contributed by atoms with Crippen LogP contribution in [0, 0.1) is 11.8 Å². The summed E-state index contributed by atoms with van der Waals surface area (Å²) in [6, 6.07) is 19.3. The first-order valence-electron chi connectivity index (χ1n) is 22.5. The Balaban J connectivity index is 0.862. The molecule has 64 heavy (non-hydrogen) atoms. The number of rotatable bonds is 11. The van der Waals surface area contributed by atoms with Gasteiger partial charge in [0.25, 0.3) is 0 Å². The Morgan fingerprint density at radius 3 is 1.50 bits per heavy atom. The lowest BCUT2D eigenvalue weighted by atomic mass is 9.90. The molecule has 6 heterocycles. The van der Waals surface area contributed by atoms with Gasteiger partial charge in [0, 0.05) is 45.1 Å². The van der Waals surface area contributed by atoms with E-state index in [0.717, 1.165) is 81.7 Å². The fourth-order valence-corrected chi connectivity index (χ4v) is 9.96. The molecule has 0 bridgehead atoms. The summed E-state index contributed by atoms with van der Waals surface area (Å²) >= 11 is 0. The number of aromatic amines is 2.